The van der Waals surface area contributed by atoms with Crippen molar-refractivity contribution in [3.05, 3.63) is 68.2 Å². The molecule has 0 aliphatic carbocycles. The summed E-state index contributed by atoms with van der Waals surface area (Å²) in [6, 6.07) is 11.5. The molecule has 2 aromatic carbocycles. The van der Waals surface area contributed by atoms with E-state index >= 15 is 0 Å². The first-order chi connectivity index (χ1) is 10.0. The van der Waals surface area contributed by atoms with Crippen LogP contribution < -0.4 is 5.32 Å². The maximum Gasteiger partial charge on any atom is 0.0781 e. The molecule has 5 heteroatoms. The van der Waals surface area contributed by atoms with Crippen LogP contribution in [-0.4, -0.2) is 5.11 Å². The van der Waals surface area contributed by atoms with Crippen LogP contribution in [0, 0.1) is 0 Å². The Morgan fingerprint density at radius 2 is 1.76 bits per heavy atom. The van der Waals surface area contributed by atoms with Crippen LogP contribution >= 0.6 is 34.8 Å². The maximum atomic E-state index is 9.15. The third kappa shape index (κ3) is 4.12. The van der Waals surface area contributed by atoms with Gasteiger partial charge in [-0.2, -0.15) is 0 Å². The molecule has 2 nitrogen and oxygen atoms in total. The molecule has 0 bridgehead atoms. The molecule has 112 valence electrons. The Morgan fingerprint density at radius 1 is 1.05 bits per heavy atom. The molecule has 21 heavy (non-hydrogen) atoms. The van der Waals surface area contributed by atoms with Gasteiger partial charge >= 0.3 is 0 Å². The number of benzene rings is 2. The van der Waals surface area contributed by atoms with Gasteiger partial charge in [-0.25, -0.2) is 0 Å². The van der Waals surface area contributed by atoms with Gasteiger partial charge in [0, 0.05) is 12.6 Å². The van der Waals surface area contributed by atoms with Crippen LogP contribution in [0.5, 0.6) is 0 Å². The minimum Gasteiger partial charge on any atom is -0.392 e. The largest absolute Gasteiger partial charge is 0.392 e. The molecule has 2 rings (SSSR count). The van der Waals surface area contributed by atoms with Gasteiger partial charge in [-0.3, -0.25) is 0 Å². The van der Waals surface area contributed by atoms with Crippen LogP contribution in [0.15, 0.2) is 36.4 Å². The normalized spacial score (nSPS) is 12.4. The number of aliphatic hydroxyl groups is 1. The van der Waals surface area contributed by atoms with Crippen molar-refractivity contribution in [3.63, 3.8) is 0 Å². The predicted octanol–water partition coefficient (Wildman–Crippen LogP) is 4.99. The van der Waals surface area contributed by atoms with E-state index in [0.29, 0.717) is 21.6 Å². The van der Waals surface area contributed by atoms with Crippen molar-refractivity contribution in [2.75, 3.05) is 0 Å². The van der Waals surface area contributed by atoms with Crippen LogP contribution in [0.2, 0.25) is 15.1 Å². The highest BCUT2D eigenvalue weighted by Gasteiger charge is 2.14. The number of rotatable bonds is 5. The number of hydrogen-bond acceptors (Lipinski definition) is 2. The summed E-state index contributed by atoms with van der Waals surface area (Å²) >= 11 is 18.2. The summed E-state index contributed by atoms with van der Waals surface area (Å²) < 4.78 is 0. The number of hydrogen-bond donors (Lipinski definition) is 2. The fourth-order valence-corrected chi connectivity index (χ4v) is 2.80. The van der Waals surface area contributed by atoms with Crippen molar-refractivity contribution in [2.24, 2.45) is 0 Å². The molecule has 0 fully saturated rings. The SMILES string of the molecule is CC(NCc1cccc(CO)c1)c1ccc(Cl)c(Cl)c1Cl. The van der Waals surface area contributed by atoms with Crippen molar-refractivity contribution >= 4 is 34.8 Å². The van der Waals surface area contributed by atoms with E-state index in [4.69, 9.17) is 39.9 Å². The summed E-state index contributed by atoms with van der Waals surface area (Å²) in [5.74, 6) is 0. The van der Waals surface area contributed by atoms with Crippen LogP contribution in [0.1, 0.15) is 29.7 Å². The smallest absolute Gasteiger partial charge is 0.0781 e. The Hall–Kier alpha value is -0.770. The second kappa shape index (κ2) is 7.48. The minimum absolute atomic E-state index is 0.0325. The Morgan fingerprint density at radius 3 is 2.48 bits per heavy atom. The molecule has 0 amide bonds. The first-order valence-corrected chi connectivity index (χ1v) is 7.71. The van der Waals surface area contributed by atoms with E-state index in [1.807, 2.05) is 37.3 Å². The number of aliphatic hydroxyl groups excluding tert-OH is 1. The molecule has 2 N–H and O–H groups in total. The van der Waals surface area contributed by atoms with Gasteiger partial charge in [0.1, 0.15) is 0 Å². The molecule has 1 atom stereocenters. The Kier molecular flexibility index (Phi) is 5.91. The zero-order chi connectivity index (χ0) is 15.4. The fraction of sp³-hybridized carbons (Fsp3) is 0.250. The summed E-state index contributed by atoms with van der Waals surface area (Å²) in [4.78, 5) is 0. The van der Waals surface area contributed by atoms with Crippen molar-refractivity contribution < 1.29 is 5.11 Å². The van der Waals surface area contributed by atoms with Gasteiger partial charge in [-0.15, -0.1) is 0 Å². The summed E-state index contributed by atoms with van der Waals surface area (Å²) in [5.41, 5.74) is 2.91. The highest BCUT2D eigenvalue weighted by Crippen LogP contribution is 2.35. The van der Waals surface area contributed by atoms with Crippen LogP contribution in [0.3, 0.4) is 0 Å². The molecule has 0 heterocycles. The first kappa shape index (κ1) is 16.6. The van der Waals surface area contributed by atoms with Gasteiger partial charge in [0.15, 0.2) is 0 Å². The predicted molar refractivity (Wildman–Crippen MR) is 89.1 cm³/mol. The summed E-state index contributed by atoms with van der Waals surface area (Å²) in [6.07, 6.45) is 0. The van der Waals surface area contributed by atoms with Gasteiger partial charge < -0.3 is 10.4 Å². The summed E-state index contributed by atoms with van der Waals surface area (Å²) in [7, 11) is 0. The van der Waals surface area contributed by atoms with E-state index in [9.17, 15) is 0 Å². The lowest BCUT2D eigenvalue weighted by Gasteiger charge is -2.17. The van der Waals surface area contributed by atoms with Gasteiger partial charge in [0.25, 0.3) is 0 Å². The molecule has 0 spiro atoms. The molecule has 0 saturated heterocycles. The van der Waals surface area contributed by atoms with Crippen LogP contribution in [0.4, 0.5) is 0 Å². The monoisotopic (exact) mass is 343 g/mol. The lowest BCUT2D eigenvalue weighted by molar-refractivity contribution is 0.281. The van der Waals surface area contributed by atoms with Gasteiger partial charge in [0.2, 0.25) is 0 Å². The number of nitrogens with one attached hydrogen (secondary N) is 1. The Bertz CT molecular complexity index is 631. The van der Waals surface area contributed by atoms with Crippen molar-refractivity contribution in [3.8, 4) is 0 Å². The van der Waals surface area contributed by atoms with E-state index in [0.717, 1.165) is 16.7 Å². The molecular formula is C16H16Cl3NO. The quantitative estimate of drug-likeness (QED) is 0.749. The second-order valence-corrected chi connectivity index (χ2v) is 6.01. The third-order valence-corrected chi connectivity index (χ3v) is 4.63. The highest BCUT2D eigenvalue weighted by atomic mass is 35.5. The average Bonchev–Trinajstić information content (AvgIpc) is 2.50. The number of halogens is 3. The van der Waals surface area contributed by atoms with E-state index in [-0.39, 0.29) is 12.6 Å². The zero-order valence-corrected chi connectivity index (χ0v) is 13.8. The Labute approximate surface area is 139 Å². The second-order valence-electron chi connectivity index (χ2n) is 4.85. The minimum atomic E-state index is 0.0325. The van der Waals surface area contributed by atoms with Gasteiger partial charge in [-0.05, 0) is 29.7 Å². The molecule has 2 aromatic rings. The third-order valence-electron chi connectivity index (χ3n) is 3.32. The molecule has 1 unspecified atom stereocenters. The maximum absolute atomic E-state index is 9.15. The van der Waals surface area contributed by atoms with Crippen molar-refractivity contribution in [1.29, 1.82) is 0 Å². The zero-order valence-electron chi connectivity index (χ0n) is 11.5. The lowest BCUT2D eigenvalue weighted by atomic mass is 10.1. The van der Waals surface area contributed by atoms with Crippen LogP contribution in [0.25, 0.3) is 0 Å². The topological polar surface area (TPSA) is 32.3 Å². The van der Waals surface area contributed by atoms with E-state index in [1.54, 1.807) is 6.07 Å². The van der Waals surface area contributed by atoms with Gasteiger partial charge in [0.05, 0.1) is 21.7 Å². The average molecular weight is 345 g/mol. The van der Waals surface area contributed by atoms with Crippen molar-refractivity contribution in [2.45, 2.75) is 26.1 Å². The molecule has 0 saturated carbocycles. The molecule has 0 aliphatic heterocycles. The van der Waals surface area contributed by atoms with Crippen molar-refractivity contribution in [1.82, 2.24) is 5.32 Å². The summed E-state index contributed by atoms with van der Waals surface area (Å²) in [6.45, 7) is 2.73. The molecule has 0 radical (unpaired) electrons. The molecular weight excluding hydrogens is 329 g/mol. The molecule has 0 aromatic heterocycles. The fourth-order valence-electron chi connectivity index (χ4n) is 2.09. The van der Waals surface area contributed by atoms with E-state index < -0.39 is 0 Å². The standard InChI is InChI=1S/C16H16Cl3NO/c1-10(13-5-6-14(17)16(19)15(13)18)20-8-11-3-2-4-12(7-11)9-21/h2-7,10,20-21H,8-9H2,1H3. The Balaban J connectivity index is 2.08. The van der Waals surface area contributed by atoms with E-state index in [1.165, 1.54) is 0 Å². The highest BCUT2D eigenvalue weighted by molar-refractivity contribution is 6.48. The van der Waals surface area contributed by atoms with Crippen LogP contribution in [-0.2, 0) is 13.2 Å². The lowest BCUT2D eigenvalue weighted by Crippen LogP contribution is -2.18. The summed E-state index contributed by atoms with van der Waals surface area (Å²) in [5, 5.41) is 13.8. The van der Waals surface area contributed by atoms with E-state index in [2.05, 4.69) is 5.32 Å². The first-order valence-electron chi connectivity index (χ1n) is 6.58. The molecule has 0 aliphatic rings. The van der Waals surface area contributed by atoms with Gasteiger partial charge in [-0.1, -0.05) is 65.1 Å².